The number of anilines is 2. The summed E-state index contributed by atoms with van der Waals surface area (Å²) in [4.78, 5) is 16.4. The van der Waals surface area contributed by atoms with Crippen molar-refractivity contribution in [2.24, 2.45) is 0 Å². The molecule has 0 bridgehead atoms. The first-order valence-electron chi connectivity index (χ1n) is 9.17. The van der Waals surface area contributed by atoms with Gasteiger partial charge in [-0.2, -0.15) is 0 Å². The number of hydrogen-bond donors (Lipinski definition) is 1. The third-order valence-electron chi connectivity index (χ3n) is 4.11. The molecule has 3 rings (SSSR count). The molecule has 2 heterocycles. The molecule has 0 saturated heterocycles. The minimum atomic E-state index is -3.65. The van der Waals surface area contributed by atoms with Crippen LogP contribution in [0.4, 0.5) is 15.2 Å². The van der Waals surface area contributed by atoms with Crippen molar-refractivity contribution in [1.29, 1.82) is 0 Å². The van der Waals surface area contributed by atoms with Crippen LogP contribution in [0.5, 0.6) is 0 Å². The predicted molar refractivity (Wildman–Crippen MR) is 119 cm³/mol. The summed E-state index contributed by atoms with van der Waals surface area (Å²) in [6, 6.07) is 5.18. The molecule has 31 heavy (non-hydrogen) atoms. The molecule has 3 aromatic rings. The second-order valence-electron chi connectivity index (χ2n) is 6.52. The van der Waals surface area contributed by atoms with Crippen LogP contribution in [-0.4, -0.2) is 46.1 Å². The van der Waals surface area contributed by atoms with E-state index in [2.05, 4.69) is 20.5 Å². The van der Waals surface area contributed by atoms with Gasteiger partial charge < -0.3 is 9.88 Å². The number of carbonyl (C=O) groups excluding carboxylic acids is 1. The van der Waals surface area contributed by atoms with E-state index >= 15 is 0 Å². The van der Waals surface area contributed by atoms with Gasteiger partial charge in [0.05, 0.1) is 29.9 Å². The summed E-state index contributed by atoms with van der Waals surface area (Å²) in [7, 11) is -3.65. The predicted octanol–water partition coefficient (Wildman–Crippen LogP) is 2.90. The maximum atomic E-state index is 13.3. The van der Waals surface area contributed by atoms with Gasteiger partial charge >= 0.3 is 0 Å². The van der Waals surface area contributed by atoms with Crippen LogP contribution < -0.4 is 9.62 Å². The molecule has 0 fully saturated rings. The molecule has 0 atom stereocenters. The largest absolute Gasteiger partial charge is 0.305 e. The number of rotatable bonds is 9. The first-order chi connectivity index (χ1) is 14.7. The van der Waals surface area contributed by atoms with Crippen molar-refractivity contribution in [2.75, 3.05) is 21.6 Å². The molecule has 0 saturated carbocycles. The highest BCUT2D eigenvalue weighted by Crippen LogP contribution is 2.23. The maximum Gasteiger partial charge on any atom is 0.236 e. The third-order valence-corrected chi connectivity index (χ3v) is 7.09. The monoisotopic (exact) mass is 484 g/mol. The second kappa shape index (κ2) is 9.75. The molecule has 0 aliphatic heterocycles. The number of nitrogens with zero attached hydrogens (tertiary/aromatic N) is 5. The minimum Gasteiger partial charge on any atom is -0.305 e. The molecule has 0 spiro atoms. The minimum absolute atomic E-state index is 0.0730. The summed E-state index contributed by atoms with van der Waals surface area (Å²) in [6.07, 6.45) is 1.07. The summed E-state index contributed by atoms with van der Waals surface area (Å²) >= 11 is 2.54. The zero-order chi connectivity index (χ0) is 22.6. The van der Waals surface area contributed by atoms with Crippen LogP contribution in [0.15, 0.2) is 34.8 Å². The van der Waals surface area contributed by atoms with Crippen LogP contribution in [-0.2, 0) is 27.9 Å². The highest BCUT2D eigenvalue weighted by atomic mass is 32.2. The zero-order valence-corrected chi connectivity index (χ0v) is 19.5. The molecule has 166 valence electrons. The number of nitrogens with one attached hydrogen (secondary N) is 1. The third kappa shape index (κ3) is 6.02. The summed E-state index contributed by atoms with van der Waals surface area (Å²) in [6.45, 7) is 4.13. The van der Waals surface area contributed by atoms with E-state index in [9.17, 15) is 17.6 Å². The van der Waals surface area contributed by atoms with Gasteiger partial charge in [0.15, 0.2) is 16.1 Å². The molecule has 13 heteroatoms. The number of thiazole rings is 1. The maximum absolute atomic E-state index is 13.3. The lowest BCUT2D eigenvalue weighted by Gasteiger charge is -2.22. The van der Waals surface area contributed by atoms with E-state index in [4.69, 9.17) is 0 Å². The lowest BCUT2D eigenvalue weighted by atomic mass is 10.3. The van der Waals surface area contributed by atoms with Crippen LogP contribution in [0.2, 0.25) is 0 Å². The molecule has 9 nitrogen and oxygen atoms in total. The van der Waals surface area contributed by atoms with Gasteiger partial charge in [0, 0.05) is 11.9 Å². The van der Waals surface area contributed by atoms with Crippen molar-refractivity contribution in [2.45, 2.75) is 32.1 Å². The fourth-order valence-electron chi connectivity index (χ4n) is 2.69. The summed E-state index contributed by atoms with van der Waals surface area (Å²) in [5, 5.41) is 13.8. The number of thioether (sulfide) groups is 1. The smallest absolute Gasteiger partial charge is 0.236 e. The normalized spacial score (nSPS) is 11.5. The molecule has 1 N–H and O–H groups in total. The summed E-state index contributed by atoms with van der Waals surface area (Å²) < 4.78 is 40.8. The van der Waals surface area contributed by atoms with E-state index in [1.807, 2.05) is 19.2 Å². The number of benzene rings is 1. The molecule has 0 unspecified atom stereocenters. The van der Waals surface area contributed by atoms with Gasteiger partial charge in [-0.05, 0) is 38.1 Å². The lowest BCUT2D eigenvalue weighted by Crippen LogP contribution is -2.30. The van der Waals surface area contributed by atoms with Crippen molar-refractivity contribution in [3.05, 3.63) is 47.0 Å². The van der Waals surface area contributed by atoms with Crippen molar-refractivity contribution in [3.63, 3.8) is 0 Å². The Kier molecular flexibility index (Phi) is 7.28. The van der Waals surface area contributed by atoms with Gasteiger partial charge in [-0.15, -0.1) is 21.5 Å². The van der Waals surface area contributed by atoms with Gasteiger partial charge in [-0.3, -0.25) is 9.10 Å². The number of aryl methyl sites for hydroxylation is 1. The molecule has 0 aliphatic carbocycles. The topological polar surface area (TPSA) is 110 Å². The number of sulfonamides is 1. The fraction of sp³-hybridized carbons (Fsp3) is 0.333. The van der Waals surface area contributed by atoms with Crippen LogP contribution in [0.3, 0.4) is 0 Å². The van der Waals surface area contributed by atoms with Crippen LogP contribution in [0.25, 0.3) is 0 Å². The van der Waals surface area contributed by atoms with Crippen LogP contribution in [0, 0.1) is 12.7 Å². The van der Waals surface area contributed by atoms with Crippen LogP contribution in [0.1, 0.15) is 18.4 Å². The summed E-state index contributed by atoms with van der Waals surface area (Å²) in [5.41, 5.74) is 1.15. The van der Waals surface area contributed by atoms with Crippen molar-refractivity contribution in [1.82, 2.24) is 19.7 Å². The van der Waals surface area contributed by atoms with Crippen LogP contribution >= 0.6 is 23.1 Å². The Morgan fingerprint density at radius 3 is 2.58 bits per heavy atom. The Hall–Kier alpha value is -2.51. The highest BCUT2D eigenvalue weighted by Gasteiger charge is 2.22. The molecule has 0 radical (unpaired) electrons. The van der Waals surface area contributed by atoms with Gasteiger partial charge in [0.2, 0.25) is 15.9 Å². The molecular weight excluding hydrogens is 463 g/mol. The van der Waals surface area contributed by atoms with Crippen molar-refractivity contribution < 1.29 is 17.6 Å². The van der Waals surface area contributed by atoms with E-state index < -0.39 is 15.8 Å². The summed E-state index contributed by atoms with van der Waals surface area (Å²) in [5.74, 6) is -0.171. The van der Waals surface area contributed by atoms with Gasteiger partial charge in [0.1, 0.15) is 5.82 Å². The van der Waals surface area contributed by atoms with Gasteiger partial charge in [-0.1, -0.05) is 11.8 Å². The zero-order valence-electron chi connectivity index (χ0n) is 17.1. The fourth-order valence-corrected chi connectivity index (χ4v) is 5.07. The number of aromatic nitrogens is 4. The van der Waals surface area contributed by atoms with E-state index in [0.29, 0.717) is 28.3 Å². The van der Waals surface area contributed by atoms with Gasteiger partial charge in [0.25, 0.3) is 0 Å². The average Bonchev–Trinajstić information content (AvgIpc) is 3.29. The van der Waals surface area contributed by atoms with Gasteiger partial charge in [-0.25, -0.2) is 17.8 Å². The average molecular weight is 485 g/mol. The molecule has 2 aromatic heterocycles. The molecule has 1 amide bonds. The molecular formula is C18H21FN6O3S3. The Morgan fingerprint density at radius 2 is 2.00 bits per heavy atom. The first-order valence-corrected chi connectivity index (χ1v) is 12.9. The first kappa shape index (κ1) is 23.2. The van der Waals surface area contributed by atoms with Crippen molar-refractivity contribution >= 4 is 49.8 Å². The Labute approximate surface area is 187 Å². The lowest BCUT2D eigenvalue weighted by molar-refractivity contribution is -0.113. The standard InChI is InChI=1S/C18H21FN6O3S3/c1-4-24-15(9-25(31(3,27)28)14-7-5-13(19)6-8-14)22-23-18(24)30-11-16(26)21-17-20-12(2)10-29-17/h5-8,10H,4,9,11H2,1-3H3,(H,20,21,26). The van der Waals surface area contributed by atoms with E-state index in [1.165, 1.54) is 47.4 Å². The quantitative estimate of drug-likeness (QED) is 0.465. The number of carbonyl (C=O) groups is 1. The molecule has 0 aliphatic rings. The SMILES string of the molecule is CCn1c(CN(c2ccc(F)cc2)S(C)(=O)=O)nnc1SCC(=O)Nc1nc(C)cs1. The van der Waals surface area contributed by atoms with Crippen molar-refractivity contribution in [3.8, 4) is 0 Å². The number of hydrogen-bond acceptors (Lipinski definition) is 8. The molecule has 1 aromatic carbocycles. The van der Waals surface area contributed by atoms with E-state index in [1.54, 1.807) is 4.57 Å². The number of amides is 1. The Balaban J connectivity index is 1.73. The Morgan fingerprint density at radius 1 is 1.29 bits per heavy atom. The highest BCUT2D eigenvalue weighted by molar-refractivity contribution is 7.99. The Bertz CT molecular complexity index is 1160. The second-order valence-corrected chi connectivity index (χ2v) is 10.2. The van der Waals surface area contributed by atoms with E-state index in [0.717, 1.165) is 16.3 Å². The van der Waals surface area contributed by atoms with E-state index in [-0.39, 0.29) is 18.2 Å². The number of halogens is 1.